The van der Waals surface area contributed by atoms with Crippen LogP contribution in [0.25, 0.3) is 15.9 Å². The fourth-order valence-corrected chi connectivity index (χ4v) is 8.83. The summed E-state index contributed by atoms with van der Waals surface area (Å²) in [5.41, 5.74) is 2.13. The summed E-state index contributed by atoms with van der Waals surface area (Å²) in [6.07, 6.45) is 0. The van der Waals surface area contributed by atoms with E-state index in [0.717, 1.165) is 32.4 Å². The van der Waals surface area contributed by atoms with E-state index in [1.54, 1.807) is 23.1 Å². The summed E-state index contributed by atoms with van der Waals surface area (Å²) in [6, 6.07) is 9.95. The Morgan fingerprint density at radius 1 is 1.32 bits per heavy atom. The maximum Gasteiger partial charge on any atom is -1.00 e. The largest absolute Gasteiger partial charge is 1.00 e. The van der Waals surface area contributed by atoms with Crippen molar-refractivity contribution in [1.29, 1.82) is 0 Å². The molecule has 4 rings (SSSR count). The number of hydrogen-bond acceptors (Lipinski definition) is 3. The molecule has 0 saturated heterocycles. The number of halogens is 2. The van der Waals surface area contributed by atoms with Crippen LogP contribution in [0.2, 0.25) is 4.82 Å². The SMILES string of the molecule is Cc1sc2c(c1C)c(=O)n(-c1ccccc1)c1[n+]2[Se]C(CCl)CS1.[Cl-]. The molecule has 3 aromatic rings. The first-order valence-electron chi connectivity index (χ1n) is 7.64. The maximum atomic E-state index is 13.3. The normalized spacial score (nSPS) is 16.5. The molecule has 3 heterocycles. The third kappa shape index (κ3) is 3.18. The summed E-state index contributed by atoms with van der Waals surface area (Å²) in [5, 5.41) is 1.91. The number of nitrogens with zero attached hydrogens (tertiary/aromatic N) is 2. The van der Waals surface area contributed by atoms with Crippen LogP contribution in [0.5, 0.6) is 0 Å². The predicted octanol–water partition coefficient (Wildman–Crippen LogP) is 0.561. The fraction of sp³-hybridized carbons (Fsp3) is 0.294. The first kappa shape index (κ1) is 19.3. The molecule has 0 amide bonds. The van der Waals surface area contributed by atoms with Gasteiger partial charge in [-0.25, -0.2) is 0 Å². The van der Waals surface area contributed by atoms with E-state index >= 15 is 0 Å². The van der Waals surface area contributed by atoms with Crippen LogP contribution in [0.1, 0.15) is 10.4 Å². The van der Waals surface area contributed by atoms with Crippen LogP contribution in [0.4, 0.5) is 0 Å². The van der Waals surface area contributed by atoms with Crippen molar-refractivity contribution in [3.8, 4) is 5.69 Å². The molecule has 1 aromatic carbocycles. The monoisotopic (exact) mass is 478 g/mol. The second kappa shape index (κ2) is 7.63. The van der Waals surface area contributed by atoms with Crippen molar-refractivity contribution in [2.24, 2.45) is 0 Å². The van der Waals surface area contributed by atoms with Gasteiger partial charge in [0.2, 0.25) is 0 Å². The van der Waals surface area contributed by atoms with Gasteiger partial charge in [-0.2, -0.15) is 0 Å². The standard InChI is InChI=1S/C17H16ClN2OS2Se.ClH/c1-10-11(2)23-16-14(10)15(21)19(12-6-4-3-5-7-12)17-20(16)24-13(8-18)9-22-17;/h3-7,13H,8-9H2,1-2H3;1H/q+1;/p-1. The molecule has 0 aliphatic carbocycles. The van der Waals surface area contributed by atoms with Crippen LogP contribution in [0.3, 0.4) is 0 Å². The van der Waals surface area contributed by atoms with E-state index in [-0.39, 0.29) is 33.1 Å². The number of alkyl halides is 1. The van der Waals surface area contributed by atoms with Gasteiger partial charge in [-0.1, -0.05) is 0 Å². The molecule has 0 bridgehead atoms. The van der Waals surface area contributed by atoms with E-state index in [1.165, 1.54) is 4.88 Å². The summed E-state index contributed by atoms with van der Waals surface area (Å²) >= 11 is 9.85. The number of hydrogen-bond donors (Lipinski definition) is 0. The van der Waals surface area contributed by atoms with Crippen molar-refractivity contribution < 1.29 is 16.0 Å². The number of aryl methyl sites for hydroxylation is 2. The molecule has 0 radical (unpaired) electrons. The molecule has 0 N–H and O–H groups in total. The minimum Gasteiger partial charge on any atom is -1.00 e. The minimum atomic E-state index is 0. The van der Waals surface area contributed by atoms with Gasteiger partial charge in [0.15, 0.2) is 0 Å². The van der Waals surface area contributed by atoms with E-state index < -0.39 is 0 Å². The molecule has 132 valence electrons. The molecular formula is C17H16Cl2N2OS2Se. The molecule has 25 heavy (non-hydrogen) atoms. The molecule has 2 aromatic heterocycles. The van der Waals surface area contributed by atoms with Gasteiger partial charge in [0.05, 0.1) is 0 Å². The Kier molecular flexibility index (Phi) is 5.88. The van der Waals surface area contributed by atoms with E-state index in [9.17, 15) is 4.79 Å². The van der Waals surface area contributed by atoms with Gasteiger partial charge in [0.1, 0.15) is 0 Å². The average Bonchev–Trinajstić information content (AvgIpc) is 2.91. The second-order valence-electron chi connectivity index (χ2n) is 5.71. The van der Waals surface area contributed by atoms with Gasteiger partial charge in [-0.05, 0) is 0 Å². The zero-order valence-electron chi connectivity index (χ0n) is 13.7. The summed E-state index contributed by atoms with van der Waals surface area (Å²) < 4.78 is 4.25. The van der Waals surface area contributed by atoms with Crippen LogP contribution in [-0.2, 0) is 0 Å². The van der Waals surface area contributed by atoms with Crippen LogP contribution in [-0.4, -0.2) is 31.4 Å². The molecule has 8 heteroatoms. The first-order valence-corrected chi connectivity index (χ1v) is 11.7. The van der Waals surface area contributed by atoms with E-state index in [4.69, 9.17) is 11.6 Å². The van der Waals surface area contributed by atoms with Crippen molar-refractivity contribution in [3.63, 3.8) is 0 Å². The van der Waals surface area contributed by atoms with Gasteiger partial charge in [-0.15, -0.1) is 0 Å². The zero-order valence-corrected chi connectivity index (χ0v) is 18.5. The van der Waals surface area contributed by atoms with Gasteiger partial charge < -0.3 is 12.4 Å². The van der Waals surface area contributed by atoms with Crippen molar-refractivity contribution in [2.45, 2.75) is 23.8 Å². The zero-order chi connectivity index (χ0) is 16.8. The Hall–Kier alpha value is -0.491. The molecule has 1 unspecified atom stereocenters. The number of thioether (sulfide) groups is 1. The first-order chi connectivity index (χ1) is 11.6. The van der Waals surface area contributed by atoms with Crippen molar-refractivity contribution in [2.75, 3.05) is 11.6 Å². The molecular weight excluding hydrogens is 462 g/mol. The smallest absolute Gasteiger partial charge is 1.00 e. The Labute approximate surface area is 172 Å². The Bertz CT molecular complexity index is 988. The molecule has 0 fully saturated rings. The maximum absolute atomic E-state index is 13.3. The summed E-state index contributed by atoms with van der Waals surface area (Å²) in [4.78, 5) is 16.1. The summed E-state index contributed by atoms with van der Waals surface area (Å²) in [6.45, 7) is 4.15. The quantitative estimate of drug-likeness (QED) is 0.306. The molecule has 3 nitrogen and oxygen atoms in total. The van der Waals surface area contributed by atoms with E-state index in [0.29, 0.717) is 10.7 Å². The number of rotatable bonds is 2. The van der Waals surface area contributed by atoms with Crippen molar-refractivity contribution in [3.05, 3.63) is 51.1 Å². The van der Waals surface area contributed by atoms with Gasteiger partial charge in [0.25, 0.3) is 0 Å². The molecule has 0 spiro atoms. The van der Waals surface area contributed by atoms with Gasteiger partial charge in [0, 0.05) is 0 Å². The van der Waals surface area contributed by atoms with Gasteiger partial charge in [-0.3, -0.25) is 0 Å². The third-order valence-electron chi connectivity index (χ3n) is 4.17. The molecule has 1 atom stereocenters. The number of benzene rings is 1. The third-order valence-corrected chi connectivity index (χ3v) is 10.9. The average molecular weight is 478 g/mol. The van der Waals surface area contributed by atoms with Crippen molar-refractivity contribution >= 4 is 60.1 Å². The Balaban J connectivity index is 0.00000182. The molecule has 1 aliphatic rings. The minimum absolute atomic E-state index is 0. The summed E-state index contributed by atoms with van der Waals surface area (Å²) in [5.74, 6) is 1.65. The molecule has 0 saturated carbocycles. The van der Waals surface area contributed by atoms with Crippen LogP contribution < -0.4 is 21.5 Å². The number of aromatic nitrogens is 2. The number of para-hydroxylation sites is 1. The Morgan fingerprint density at radius 2 is 2.04 bits per heavy atom. The number of fused-ring (bicyclic) bond motifs is 3. The number of thiophene rings is 1. The van der Waals surface area contributed by atoms with Crippen molar-refractivity contribution in [1.82, 2.24) is 4.57 Å². The fourth-order valence-electron chi connectivity index (χ4n) is 2.82. The molecule has 1 aliphatic heterocycles. The second-order valence-corrected chi connectivity index (χ2v) is 10.8. The van der Waals surface area contributed by atoms with Crippen LogP contribution >= 0.6 is 34.7 Å². The predicted molar refractivity (Wildman–Crippen MR) is 103 cm³/mol. The Morgan fingerprint density at radius 3 is 2.72 bits per heavy atom. The van der Waals surface area contributed by atoms with E-state index in [2.05, 4.69) is 17.4 Å². The van der Waals surface area contributed by atoms with Crippen LogP contribution in [0.15, 0.2) is 40.3 Å². The summed E-state index contributed by atoms with van der Waals surface area (Å²) in [7, 11) is 0. The van der Waals surface area contributed by atoms with Crippen LogP contribution in [0, 0.1) is 13.8 Å². The van der Waals surface area contributed by atoms with Gasteiger partial charge >= 0.3 is 161 Å². The topological polar surface area (TPSA) is 25.9 Å². The van der Waals surface area contributed by atoms with E-state index in [1.807, 2.05) is 34.9 Å².